The van der Waals surface area contributed by atoms with Crippen LogP contribution in [-0.4, -0.2) is 54.2 Å². The molecular formula is C23H32N4O3. The van der Waals surface area contributed by atoms with Crippen LogP contribution in [0.4, 0.5) is 5.69 Å². The topological polar surface area (TPSA) is 66.8 Å². The molecule has 0 bridgehead atoms. The van der Waals surface area contributed by atoms with E-state index in [0.717, 1.165) is 31.9 Å². The third-order valence-corrected chi connectivity index (χ3v) is 5.11. The van der Waals surface area contributed by atoms with Gasteiger partial charge < -0.3 is 19.5 Å². The maximum atomic E-state index is 12.5. The number of nitrogens with one attached hydrogen (secondary N) is 1. The van der Waals surface area contributed by atoms with Crippen molar-refractivity contribution in [2.75, 3.05) is 38.2 Å². The lowest BCUT2D eigenvalue weighted by Crippen LogP contribution is -2.46. The van der Waals surface area contributed by atoms with Gasteiger partial charge in [0.2, 0.25) is 11.3 Å². The number of hydrogen-bond acceptors (Lipinski definition) is 5. The first-order chi connectivity index (χ1) is 14.2. The predicted molar refractivity (Wildman–Crippen MR) is 119 cm³/mol. The van der Waals surface area contributed by atoms with E-state index in [2.05, 4.69) is 39.4 Å². The van der Waals surface area contributed by atoms with Crippen LogP contribution in [0.25, 0.3) is 0 Å². The number of carbonyl (C=O) groups is 1. The van der Waals surface area contributed by atoms with Crippen LogP contribution in [0.5, 0.6) is 5.75 Å². The van der Waals surface area contributed by atoms with Gasteiger partial charge in [-0.1, -0.05) is 18.2 Å². The molecule has 162 valence electrons. The van der Waals surface area contributed by atoms with Crippen molar-refractivity contribution >= 4 is 11.6 Å². The fraction of sp³-hybridized carbons (Fsp3) is 0.478. The number of piperazine rings is 1. The van der Waals surface area contributed by atoms with Gasteiger partial charge in [0.25, 0.3) is 0 Å². The Kier molecular flexibility index (Phi) is 6.82. The fourth-order valence-corrected chi connectivity index (χ4v) is 3.67. The van der Waals surface area contributed by atoms with E-state index in [0.29, 0.717) is 6.54 Å². The molecule has 1 amide bonds. The summed E-state index contributed by atoms with van der Waals surface area (Å²) in [6, 6.07) is 12.0. The van der Waals surface area contributed by atoms with Gasteiger partial charge in [-0.3, -0.25) is 14.5 Å². The number of aromatic nitrogens is 1. The second-order valence-corrected chi connectivity index (χ2v) is 8.72. The molecule has 1 fully saturated rings. The van der Waals surface area contributed by atoms with Crippen molar-refractivity contribution in [1.82, 2.24) is 14.8 Å². The molecule has 0 unspecified atom stereocenters. The number of rotatable bonds is 6. The summed E-state index contributed by atoms with van der Waals surface area (Å²) < 4.78 is 7.02. The quantitative estimate of drug-likeness (QED) is 0.787. The number of amides is 1. The van der Waals surface area contributed by atoms with Crippen molar-refractivity contribution in [2.24, 2.45) is 0 Å². The second kappa shape index (κ2) is 9.34. The van der Waals surface area contributed by atoms with Gasteiger partial charge in [0.05, 0.1) is 13.3 Å². The predicted octanol–water partition coefficient (Wildman–Crippen LogP) is 2.09. The van der Waals surface area contributed by atoms with Crippen LogP contribution in [0.3, 0.4) is 0 Å². The van der Waals surface area contributed by atoms with Crippen molar-refractivity contribution in [3.8, 4) is 5.75 Å². The van der Waals surface area contributed by atoms with Crippen LogP contribution >= 0.6 is 0 Å². The largest absolute Gasteiger partial charge is 0.491 e. The Labute approximate surface area is 178 Å². The molecule has 2 heterocycles. The highest BCUT2D eigenvalue weighted by Gasteiger charge is 2.20. The van der Waals surface area contributed by atoms with E-state index >= 15 is 0 Å². The highest BCUT2D eigenvalue weighted by atomic mass is 16.5. The molecule has 0 spiro atoms. The lowest BCUT2D eigenvalue weighted by atomic mass is 10.1. The van der Waals surface area contributed by atoms with Crippen molar-refractivity contribution in [3.63, 3.8) is 0 Å². The van der Waals surface area contributed by atoms with Gasteiger partial charge in [-0.05, 0) is 32.9 Å². The van der Waals surface area contributed by atoms with Crippen LogP contribution in [0.15, 0.2) is 47.4 Å². The van der Waals surface area contributed by atoms with Gasteiger partial charge >= 0.3 is 0 Å². The van der Waals surface area contributed by atoms with E-state index in [1.807, 2.05) is 31.4 Å². The van der Waals surface area contributed by atoms with Crippen LogP contribution in [0.2, 0.25) is 0 Å². The number of methoxy groups -OCH3 is 1. The Balaban J connectivity index is 1.71. The van der Waals surface area contributed by atoms with E-state index in [1.54, 1.807) is 12.3 Å². The molecule has 3 rings (SSSR count). The third-order valence-electron chi connectivity index (χ3n) is 5.11. The number of benzene rings is 1. The van der Waals surface area contributed by atoms with Crippen LogP contribution in [0.1, 0.15) is 26.5 Å². The number of carbonyl (C=O) groups excluding carboxylic acids is 1. The Morgan fingerprint density at radius 2 is 1.77 bits per heavy atom. The number of hydrogen-bond donors (Lipinski definition) is 1. The lowest BCUT2D eigenvalue weighted by molar-refractivity contribution is -0.123. The summed E-state index contributed by atoms with van der Waals surface area (Å²) in [5.41, 5.74) is 1.58. The first-order valence-electron chi connectivity index (χ1n) is 10.4. The summed E-state index contributed by atoms with van der Waals surface area (Å²) in [5.74, 6) is 0.152. The Bertz CT molecular complexity index is 910. The standard InChI is InChI=1S/C23H32N4O3/c1-23(2,3)24-22(29)17-27-16-21(30-4)20(28)14-19(27)15-25-10-12-26(13-11-25)18-8-6-5-7-9-18/h5-9,14,16H,10-13,15,17H2,1-4H3,(H,24,29). The number of pyridine rings is 1. The van der Waals surface area contributed by atoms with Crippen molar-refractivity contribution in [1.29, 1.82) is 0 Å². The zero-order chi connectivity index (χ0) is 21.7. The lowest BCUT2D eigenvalue weighted by Gasteiger charge is -2.36. The first kappa shape index (κ1) is 21.9. The number of ether oxygens (including phenoxy) is 1. The van der Waals surface area contributed by atoms with E-state index in [1.165, 1.54) is 12.8 Å². The first-order valence-corrected chi connectivity index (χ1v) is 10.4. The van der Waals surface area contributed by atoms with Gasteiger partial charge in [0, 0.05) is 55.7 Å². The molecule has 1 saturated heterocycles. The van der Waals surface area contributed by atoms with Crippen LogP contribution in [-0.2, 0) is 17.9 Å². The highest BCUT2D eigenvalue weighted by Crippen LogP contribution is 2.17. The second-order valence-electron chi connectivity index (χ2n) is 8.72. The molecular weight excluding hydrogens is 380 g/mol. The molecule has 2 aromatic rings. The molecule has 0 atom stereocenters. The normalized spacial score (nSPS) is 15.1. The van der Waals surface area contributed by atoms with Crippen molar-refractivity contribution in [2.45, 2.75) is 39.4 Å². The van der Waals surface area contributed by atoms with Gasteiger partial charge in [0.15, 0.2) is 5.75 Å². The fourth-order valence-electron chi connectivity index (χ4n) is 3.67. The maximum Gasteiger partial charge on any atom is 0.240 e. The molecule has 0 saturated carbocycles. The highest BCUT2D eigenvalue weighted by molar-refractivity contribution is 5.76. The molecule has 1 N–H and O–H groups in total. The van der Waals surface area contributed by atoms with Gasteiger partial charge in [-0.2, -0.15) is 0 Å². The Morgan fingerprint density at radius 3 is 2.37 bits per heavy atom. The summed E-state index contributed by atoms with van der Waals surface area (Å²) >= 11 is 0. The molecule has 0 aliphatic carbocycles. The smallest absolute Gasteiger partial charge is 0.240 e. The molecule has 0 radical (unpaired) electrons. The van der Waals surface area contributed by atoms with E-state index in [4.69, 9.17) is 4.74 Å². The van der Waals surface area contributed by atoms with E-state index in [-0.39, 0.29) is 29.2 Å². The van der Waals surface area contributed by atoms with E-state index < -0.39 is 0 Å². The molecule has 1 aliphatic heterocycles. The van der Waals surface area contributed by atoms with Gasteiger partial charge in [-0.15, -0.1) is 0 Å². The third kappa shape index (κ3) is 5.86. The average Bonchev–Trinajstić information content (AvgIpc) is 2.70. The summed E-state index contributed by atoms with van der Waals surface area (Å²) in [7, 11) is 1.47. The molecule has 1 aliphatic rings. The summed E-state index contributed by atoms with van der Waals surface area (Å²) in [6.07, 6.45) is 1.64. The number of anilines is 1. The molecule has 7 heteroatoms. The zero-order valence-electron chi connectivity index (χ0n) is 18.4. The molecule has 7 nitrogen and oxygen atoms in total. The van der Waals surface area contributed by atoms with Crippen LogP contribution in [0, 0.1) is 0 Å². The minimum atomic E-state index is -0.311. The summed E-state index contributed by atoms with van der Waals surface area (Å²) in [5, 5.41) is 2.98. The maximum absolute atomic E-state index is 12.5. The van der Waals surface area contributed by atoms with Gasteiger partial charge in [-0.25, -0.2) is 0 Å². The monoisotopic (exact) mass is 412 g/mol. The Hall–Kier alpha value is -2.80. The van der Waals surface area contributed by atoms with Gasteiger partial charge in [0.1, 0.15) is 6.54 Å². The Morgan fingerprint density at radius 1 is 1.10 bits per heavy atom. The minimum Gasteiger partial charge on any atom is -0.491 e. The summed E-state index contributed by atoms with van der Waals surface area (Å²) in [6.45, 7) is 10.2. The summed E-state index contributed by atoms with van der Waals surface area (Å²) in [4.78, 5) is 29.5. The average molecular weight is 413 g/mol. The molecule has 30 heavy (non-hydrogen) atoms. The minimum absolute atomic E-state index is 0.0941. The van der Waals surface area contributed by atoms with Crippen molar-refractivity contribution in [3.05, 3.63) is 58.5 Å². The number of nitrogens with zero attached hydrogens (tertiary/aromatic N) is 3. The van der Waals surface area contributed by atoms with Crippen LogP contribution < -0.4 is 20.4 Å². The molecule has 1 aromatic carbocycles. The zero-order valence-corrected chi connectivity index (χ0v) is 18.4. The van der Waals surface area contributed by atoms with Crippen molar-refractivity contribution < 1.29 is 9.53 Å². The molecule has 1 aromatic heterocycles. The number of para-hydroxylation sites is 1. The van der Waals surface area contributed by atoms with E-state index in [9.17, 15) is 9.59 Å². The SMILES string of the molecule is COc1cn(CC(=O)NC(C)(C)C)c(CN2CCN(c3ccccc3)CC2)cc1=O.